The third-order valence-corrected chi connectivity index (χ3v) is 7.99. The highest BCUT2D eigenvalue weighted by Gasteiger charge is 2.39. The summed E-state index contributed by atoms with van der Waals surface area (Å²) in [5, 5.41) is 33.9. The van der Waals surface area contributed by atoms with Crippen LogP contribution in [0.25, 0.3) is 0 Å². The lowest BCUT2D eigenvalue weighted by atomic mass is 9.89. The number of rotatable bonds is 12. The smallest absolute Gasteiger partial charge is 0.219 e. The quantitative estimate of drug-likeness (QED) is 0.248. The number of aliphatic hydroxyl groups excluding tert-OH is 3. The molecule has 1 saturated carbocycles. The SMILES string of the molecule is CCNC(=O)CCC/C=C/C[C@@H]1[C@@H](/C=C/[C@@H](O)CCc2cc(Br)c(C)s2)[C@H](O)C[C@@H]1O. The van der Waals surface area contributed by atoms with E-state index in [0.717, 1.165) is 23.7 Å². The molecule has 0 aromatic carbocycles. The van der Waals surface area contributed by atoms with E-state index >= 15 is 0 Å². The lowest BCUT2D eigenvalue weighted by molar-refractivity contribution is -0.121. The van der Waals surface area contributed by atoms with Crippen molar-refractivity contribution in [1.29, 1.82) is 0 Å². The van der Waals surface area contributed by atoms with Gasteiger partial charge in [0.2, 0.25) is 5.91 Å². The van der Waals surface area contributed by atoms with Gasteiger partial charge in [-0.15, -0.1) is 11.3 Å². The van der Waals surface area contributed by atoms with Crippen LogP contribution in [0, 0.1) is 18.8 Å². The Kier molecular flexibility index (Phi) is 11.5. The molecule has 1 aliphatic carbocycles. The van der Waals surface area contributed by atoms with E-state index in [4.69, 9.17) is 0 Å². The summed E-state index contributed by atoms with van der Waals surface area (Å²) < 4.78 is 1.11. The molecule has 1 fully saturated rings. The van der Waals surface area contributed by atoms with Crippen molar-refractivity contribution in [1.82, 2.24) is 5.32 Å². The molecule has 0 spiro atoms. The summed E-state index contributed by atoms with van der Waals surface area (Å²) >= 11 is 5.26. The van der Waals surface area contributed by atoms with Gasteiger partial charge >= 0.3 is 0 Å². The van der Waals surface area contributed by atoms with Crippen LogP contribution in [0.1, 0.15) is 55.2 Å². The van der Waals surface area contributed by atoms with Crippen LogP contribution in [0.2, 0.25) is 0 Å². The summed E-state index contributed by atoms with van der Waals surface area (Å²) in [6, 6.07) is 2.10. The number of carbonyl (C=O) groups is 1. The van der Waals surface area contributed by atoms with Crippen molar-refractivity contribution in [2.24, 2.45) is 11.8 Å². The summed E-state index contributed by atoms with van der Waals surface area (Å²) in [7, 11) is 0. The van der Waals surface area contributed by atoms with Gasteiger partial charge in [0.25, 0.3) is 0 Å². The molecule has 1 aromatic rings. The maximum absolute atomic E-state index is 11.5. The fraction of sp³-hybridized carbons (Fsp3) is 0.625. The standard InChI is InChI=1S/C24H36BrNO4S/c1-3-26-24(30)9-7-5-4-6-8-19-20(23(29)15-22(19)28)13-11-17(27)10-12-18-14-21(25)16(2)31-18/h4,6,11,13-14,17,19-20,22-23,27-29H,3,5,7-10,12,15H2,1-2H3,(H,26,30)/b6-4+,13-11+/t17-,19+,20+,22-,23+/m0/s1. The summed E-state index contributed by atoms with van der Waals surface area (Å²) in [5.41, 5.74) is 0. The van der Waals surface area contributed by atoms with Gasteiger partial charge in [0, 0.05) is 39.5 Å². The van der Waals surface area contributed by atoms with Crippen molar-refractivity contribution in [3.8, 4) is 0 Å². The molecule has 0 bridgehead atoms. The van der Waals surface area contributed by atoms with Crippen molar-refractivity contribution in [3.63, 3.8) is 0 Å². The van der Waals surface area contributed by atoms with Gasteiger partial charge in [-0.3, -0.25) is 4.79 Å². The van der Waals surface area contributed by atoms with Crippen LogP contribution in [-0.2, 0) is 11.2 Å². The van der Waals surface area contributed by atoms with Crippen LogP contribution < -0.4 is 5.32 Å². The van der Waals surface area contributed by atoms with Crippen LogP contribution in [0.3, 0.4) is 0 Å². The van der Waals surface area contributed by atoms with Crippen LogP contribution >= 0.6 is 27.3 Å². The average Bonchev–Trinajstić information content (AvgIpc) is 3.18. The van der Waals surface area contributed by atoms with Gasteiger partial charge in [0.15, 0.2) is 0 Å². The minimum absolute atomic E-state index is 0.0611. The maximum atomic E-state index is 11.5. The van der Waals surface area contributed by atoms with Crippen molar-refractivity contribution < 1.29 is 20.1 Å². The fourth-order valence-corrected chi connectivity index (χ4v) is 5.64. The molecule has 0 unspecified atom stereocenters. The Morgan fingerprint density at radius 2 is 2.13 bits per heavy atom. The van der Waals surface area contributed by atoms with Gasteiger partial charge in [0.1, 0.15) is 0 Å². The Labute approximate surface area is 198 Å². The first-order chi connectivity index (χ1) is 14.8. The largest absolute Gasteiger partial charge is 0.393 e. The van der Waals surface area contributed by atoms with Crippen molar-refractivity contribution in [3.05, 3.63) is 44.6 Å². The second-order valence-electron chi connectivity index (χ2n) is 8.27. The first-order valence-corrected chi connectivity index (χ1v) is 12.8. The third-order valence-electron chi connectivity index (χ3n) is 5.79. The zero-order valence-corrected chi connectivity index (χ0v) is 20.9. The maximum Gasteiger partial charge on any atom is 0.219 e. The first kappa shape index (κ1) is 26.3. The van der Waals surface area contributed by atoms with Gasteiger partial charge in [0.05, 0.1) is 18.3 Å². The Morgan fingerprint density at radius 1 is 1.35 bits per heavy atom. The molecule has 7 heteroatoms. The molecular formula is C24H36BrNO4S. The van der Waals surface area contributed by atoms with Crippen LogP contribution in [-0.4, -0.2) is 46.1 Å². The topological polar surface area (TPSA) is 89.8 Å². The molecule has 1 aromatic heterocycles. The molecule has 31 heavy (non-hydrogen) atoms. The predicted molar refractivity (Wildman–Crippen MR) is 130 cm³/mol. The van der Waals surface area contributed by atoms with E-state index in [0.29, 0.717) is 32.2 Å². The molecule has 1 heterocycles. The van der Waals surface area contributed by atoms with E-state index in [9.17, 15) is 20.1 Å². The lowest BCUT2D eigenvalue weighted by Crippen LogP contribution is -2.21. The summed E-state index contributed by atoms with van der Waals surface area (Å²) in [4.78, 5) is 13.9. The molecule has 4 N–H and O–H groups in total. The molecule has 1 aliphatic rings. The van der Waals surface area contributed by atoms with Gasteiger partial charge in [-0.2, -0.15) is 0 Å². The van der Waals surface area contributed by atoms with Gasteiger partial charge < -0.3 is 20.6 Å². The molecule has 0 saturated heterocycles. The van der Waals surface area contributed by atoms with Crippen LogP contribution in [0.15, 0.2) is 34.8 Å². The minimum atomic E-state index is -0.592. The number of aliphatic hydroxyl groups is 3. The second kappa shape index (κ2) is 13.5. The van der Waals surface area contributed by atoms with Crippen molar-refractivity contribution in [2.75, 3.05) is 6.54 Å². The molecule has 1 amide bonds. The van der Waals surface area contributed by atoms with Gasteiger partial charge in [-0.1, -0.05) is 24.3 Å². The Bertz CT molecular complexity index is 728. The first-order valence-electron chi connectivity index (χ1n) is 11.2. The Morgan fingerprint density at radius 3 is 2.81 bits per heavy atom. The Hall–Kier alpha value is -0.990. The van der Waals surface area contributed by atoms with E-state index in [1.54, 1.807) is 17.4 Å². The number of allylic oxidation sites excluding steroid dienone is 2. The molecule has 0 aliphatic heterocycles. The van der Waals surface area contributed by atoms with Crippen molar-refractivity contribution in [2.45, 2.75) is 77.1 Å². The molecule has 5 nitrogen and oxygen atoms in total. The molecule has 0 radical (unpaired) electrons. The highest BCUT2D eigenvalue weighted by Crippen LogP contribution is 2.36. The summed E-state index contributed by atoms with van der Waals surface area (Å²) in [5.74, 6) is -0.146. The van der Waals surface area contributed by atoms with Crippen molar-refractivity contribution >= 4 is 33.2 Å². The minimum Gasteiger partial charge on any atom is -0.393 e. The zero-order valence-electron chi connectivity index (χ0n) is 18.5. The van der Waals surface area contributed by atoms with Crippen LogP contribution in [0.4, 0.5) is 0 Å². The highest BCUT2D eigenvalue weighted by molar-refractivity contribution is 9.10. The zero-order chi connectivity index (χ0) is 22.8. The predicted octanol–water partition coefficient (Wildman–Crippen LogP) is 4.28. The highest BCUT2D eigenvalue weighted by atomic mass is 79.9. The Balaban J connectivity index is 1.79. The number of hydrogen-bond donors (Lipinski definition) is 4. The fourth-order valence-electron chi connectivity index (χ4n) is 4.03. The molecule has 5 atom stereocenters. The van der Waals surface area contributed by atoms with E-state index in [1.807, 2.05) is 25.2 Å². The number of aryl methyl sites for hydroxylation is 2. The third kappa shape index (κ3) is 8.81. The summed E-state index contributed by atoms with van der Waals surface area (Å²) in [6.45, 7) is 4.64. The average molecular weight is 515 g/mol. The van der Waals surface area contributed by atoms with E-state index in [1.165, 1.54) is 9.75 Å². The number of hydrogen-bond acceptors (Lipinski definition) is 5. The molecular weight excluding hydrogens is 478 g/mol. The number of amides is 1. The summed E-state index contributed by atoms with van der Waals surface area (Å²) in [6.07, 6.45) is 10.6. The lowest BCUT2D eigenvalue weighted by Gasteiger charge is -2.19. The van der Waals surface area contributed by atoms with E-state index in [2.05, 4.69) is 34.2 Å². The number of carbonyl (C=O) groups excluding carboxylic acids is 1. The number of nitrogens with one attached hydrogen (secondary N) is 1. The number of thiophene rings is 1. The molecule has 174 valence electrons. The van der Waals surface area contributed by atoms with Gasteiger partial charge in [-0.05, 0) is 73.9 Å². The van der Waals surface area contributed by atoms with E-state index < -0.39 is 18.3 Å². The van der Waals surface area contributed by atoms with E-state index in [-0.39, 0.29) is 17.7 Å². The second-order valence-corrected chi connectivity index (χ2v) is 10.5. The molecule has 2 rings (SSSR count). The van der Waals surface area contributed by atoms with Crippen LogP contribution in [0.5, 0.6) is 0 Å². The number of unbranched alkanes of at least 4 members (excludes halogenated alkanes) is 1. The number of halogens is 1. The monoisotopic (exact) mass is 513 g/mol. The normalized spacial score (nSPS) is 25.0. The van der Waals surface area contributed by atoms with Gasteiger partial charge in [-0.25, -0.2) is 0 Å².